The van der Waals surface area contributed by atoms with Gasteiger partial charge in [-0.15, -0.1) is 11.3 Å². The number of nitrogens with one attached hydrogen (secondary N) is 1. The Kier molecular flexibility index (Phi) is 6.34. The van der Waals surface area contributed by atoms with Gasteiger partial charge in [0.2, 0.25) is 5.91 Å². The van der Waals surface area contributed by atoms with Crippen molar-refractivity contribution in [3.05, 3.63) is 16.0 Å². The van der Waals surface area contributed by atoms with E-state index >= 15 is 0 Å². The highest BCUT2D eigenvalue weighted by Gasteiger charge is 2.25. The summed E-state index contributed by atoms with van der Waals surface area (Å²) in [6.07, 6.45) is 0. The second kappa shape index (κ2) is 7.35. The number of nitrogens with zero attached hydrogens (tertiary/aromatic N) is 1. The Morgan fingerprint density at radius 2 is 1.81 bits per heavy atom. The summed E-state index contributed by atoms with van der Waals surface area (Å²) in [7, 11) is 1.81. The smallest absolute Gasteiger partial charge is 0.239 e. The van der Waals surface area contributed by atoms with Crippen LogP contribution in [0, 0.1) is 26.2 Å². The summed E-state index contributed by atoms with van der Waals surface area (Å²) in [5.74, 6) is -0.0833. The zero-order valence-corrected chi connectivity index (χ0v) is 14.3. The molecule has 1 rings (SSSR count). The van der Waals surface area contributed by atoms with E-state index in [0.717, 1.165) is 10.6 Å². The number of carbonyl (C=O) groups is 1. The lowest BCUT2D eigenvalue weighted by Gasteiger charge is -2.29. The molecule has 1 aromatic heterocycles. The molecule has 0 saturated carbocycles. The molecule has 0 aliphatic rings. The van der Waals surface area contributed by atoms with Gasteiger partial charge in [0, 0.05) is 16.8 Å². The lowest BCUT2D eigenvalue weighted by molar-refractivity contribution is -0.117. The number of thiophene rings is 1. The highest BCUT2D eigenvalue weighted by atomic mass is 32.1. The van der Waals surface area contributed by atoms with Crippen LogP contribution >= 0.6 is 11.3 Å². The zero-order valence-electron chi connectivity index (χ0n) is 13.5. The molecule has 0 fully saturated rings. The summed E-state index contributed by atoms with van der Waals surface area (Å²) in [6.45, 7) is 8.35. The first-order valence-electron chi connectivity index (χ1n) is 6.99. The van der Waals surface area contributed by atoms with Crippen molar-refractivity contribution in [1.29, 1.82) is 0 Å². The molecular weight excluding hydrogens is 288 g/mol. The third-order valence-electron chi connectivity index (χ3n) is 3.77. The average Bonchev–Trinajstić information content (AvgIpc) is 2.65. The average molecular weight is 314 g/mol. The van der Waals surface area contributed by atoms with E-state index in [-0.39, 0.29) is 25.7 Å². The molecule has 1 aromatic rings. The summed E-state index contributed by atoms with van der Waals surface area (Å²) < 4.78 is 0. The highest BCUT2D eigenvalue weighted by molar-refractivity contribution is 7.16. The van der Waals surface area contributed by atoms with Gasteiger partial charge in [-0.2, -0.15) is 0 Å². The maximum atomic E-state index is 12.1. The Morgan fingerprint density at radius 1 is 1.24 bits per heavy atom. The third kappa shape index (κ3) is 4.78. The van der Waals surface area contributed by atoms with Crippen LogP contribution in [0.3, 0.4) is 0 Å². The molecule has 0 aliphatic heterocycles. The quantitative estimate of drug-likeness (QED) is 0.714. The van der Waals surface area contributed by atoms with E-state index in [2.05, 4.69) is 12.2 Å². The van der Waals surface area contributed by atoms with E-state index < -0.39 is 5.41 Å². The number of hydrogen-bond acceptors (Lipinski definition) is 5. The standard InChI is InChI=1S/C15H26N2O3S/c1-10-11(2)14(21-12(10)3)16-13(20)6-17(5)7-15(4,8-18)9-19/h18-19H,6-9H2,1-5H3,(H,16,20). The molecule has 1 amide bonds. The van der Waals surface area contributed by atoms with Crippen molar-refractivity contribution in [2.24, 2.45) is 5.41 Å². The molecule has 120 valence electrons. The van der Waals surface area contributed by atoms with E-state index in [9.17, 15) is 15.0 Å². The van der Waals surface area contributed by atoms with Gasteiger partial charge in [-0.1, -0.05) is 6.92 Å². The van der Waals surface area contributed by atoms with Crippen LogP contribution in [0.1, 0.15) is 22.9 Å². The predicted molar refractivity (Wildman–Crippen MR) is 86.9 cm³/mol. The molecular formula is C15H26N2O3S. The maximum absolute atomic E-state index is 12.1. The Hall–Kier alpha value is -0.950. The maximum Gasteiger partial charge on any atom is 0.239 e. The first-order chi connectivity index (χ1) is 9.72. The molecule has 0 aliphatic carbocycles. The number of aryl methyl sites for hydroxylation is 1. The zero-order chi connectivity index (χ0) is 16.2. The fourth-order valence-electron chi connectivity index (χ4n) is 2.13. The molecule has 0 aromatic carbocycles. The van der Waals surface area contributed by atoms with Crippen LogP contribution in [0.15, 0.2) is 0 Å². The normalized spacial score (nSPS) is 12.0. The van der Waals surface area contributed by atoms with Gasteiger partial charge in [0.25, 0.3) is 0 Å². The molecule has 0 unspecified atom stereocenters. The van der Waals surface area contributed by atoms with Crippen LogP contribution < -0.4 is 5.32 Å². The molecule has 0 spiro atoms. The Balaban J connectivity index is 2.59. The number of rotatable bonds is 7. The monoisotopic (exact) mass is 314 g/mol. The van der Waals surface area contributed by atoms with Crippen molar-refractivity contribution in [2.75, 3.05) is 38.7 Å². The van der Waals surface area contributed by atoms with Crippen molar-refractivity contribution in [3.8, 4) is 0 Å². The largest absolute Gasteiger partial charge is 0.396 e. The summed E-state index contributed by atoms with van der Waals surface area (Å²) in [5.41, 5.74) is 1.74. The number of hydrogen-bond donors (Lipinski definition) is 3. The van der Waals surface area contributed by atoms with Gasteiger partial charge in [-0.05, 0) is 38.9 Å². The first-order valence-corrected chi connectivity index (χ1v) is 7.81. The van der Waals surface area contributed by atoms with Crippen molar-refractivity contribution < 1.29 is 15.0 Å². The molecule has 0 bridgehead atoms. The van der Waals surface area contributed by atoms with Crippen LogP contribution in [-0.4, -0.2) is 54.4 Å². The van der Waals surface area contributed by atoms with Gasteiger partial charge in [0.05, 0.1) is 24.8 Å². The number of carbonyl (C=O) groups excluding carboxylic acids is 1. The minimum absolute atomic E-state index is 0.0833. The van der Waals surface area contributed by atoms with Crippen LogP contribution in [0.5, 0.6) is 0 Å². The van der Waals surface area contributed by atoms with Gasteiger partial charge >= 0.3 is 0 Å². The Labute approximate surface area is 130 Å². The highest BCUT2D eigenvalue weighted by Crippen LogP contribution is 2.31. The number of aliphatic hydroxyl groups excluding tert-OH is 2. The number of anilines is 1. The molecule has 5 nitrogen and oxygen atoms in total. The van der Waals surface area contributed by atoms with Gasteiger partial charge in [0.1, 0.15) is 0 Å². The van der Waals surface area contributed by atoms with Crippen molar-refractivity contribution in [3.63, 3.8) is 0 Å². The lowest BCUT2D eigenvalue weighted by atomic mass is 9.92. The summed E-state index contributed by atoms with van der Waals surface area (Å²) >= 11 is 1.59. The molecule has 0 radical (unpaired) electrons. The SMILES string of the molecule is Cc1sc(NC(=O)CN(C)CC(C)(CO)CO)c(C)c1C. The summed E-state index contributed by atoms with van der Waals surface area (Å²) in [6, 6.07) is 0. The molecule has 6 heteroatoms. The molecule has 1 heterocycles. The van der Waals surface area contributed by atoms with E-state index in [4.69, 9.17) is 0 Å². The van der Waals surface area contributed by atoms with Gasteiger partial charge in [0.15, 0.2) is 0 Å². The molecule has 0 atom stereocenters. The number of aliphatic hydroxyl groups is 2. The van der Waals surface area contributed by atoms with E-state index in [1.165, 1.54) is 10.4 Å². The van der Waals surface area contributed by atoms with E-state index in [1.807, 2.05) is 18.7 Å². The van der Waals surface area contributed by atoms with Gasteiger partial charge in [-0.25, -0.2) is 0 Å². The fourth-order valence-corrected chi connectivity index (χ4v) is 3.21. The Morgan fingerprint density at radius 3 is 2.24 bits per heavy atom. The molecule has 3 N–H and O–H groups in total. The van der Waals surface area contributed by atoms with Gasteiger partial charge < -0.3 is 15.5 Å². The van der Waals surface area contributed by atoms with Crippen molar-refractivity contribution >= 4 is 22.2 Å². The second-order valence-electron chi connectivity index (χ2n) is 6.08. The topological polar surface area (TPSA) is 72.8 Å². The van der Waals surface area contributed by atoms with E-state index in [0.29, 0.717) is 6.54 Å². The third-order valence-corrected chi connectivity index (χ3v) is 4.99. The number of likely N-dealkylation sites (N-methyl/N-ethyl adjacent to an activating group) is 1. The van der Waals surface area contributed by atoms with E-state index in [1.54, 1.807) is 25.3 Å². The minimum Gasteiger partial charge on any atom is -0.396 e. The lowest BCUT2D eigenvalue weighted by Crippen LogP contribution is -2.41. The van der Waals surface area contributed by atoms with Crippen molar-refractivity contribution in [2.45, 2.75) is 27.7 Å². The number of amides is 1. The minimum atomic E-state index is -0.596. The van der Waals surface area contributed by atoms with Crippen LogP contribution in [0.4, 0.5) is 5.00 Å². The summed E-state index contributed by atoms with van der Waals surface area (Å²) in [5, 5.41) is 22.4. The van der Waals surface area contributed by atoms with Crippen LogP contribution in [0.25, 0.3) is 0 Å². The summed E-state index contributed by atoms with van der Waals surface area (Å²) in [4.78, 5) is 15.1. The first kappa shape index (κ1) is 18.1. The second-order valence-corrected chi connectivity index (χ2v) is 7.31. The predicted octanol–water partition coefficient (Wildman–Crippen LogP) is 1.53. The molecule has 21 heavy (non-hydrogen) atoms. The molecule has 0 saturated heterocycles. The van der Waals surface area contributed by atoms with Gasteiger partial charge in [-0.3, -0.25) is 9.69 Å². The van der Waals surface area contributed by atoms with Crippen LogP contribution in [-0.2, 0) is 4.79 Å². The van der Waals surface area contributed by atoms with Crippen molar-refractivity contribution in [1.82, 2.24) is 4.90 Å². The van der Waals surface area contributed by atoms with Crippen LogP contribution in [0.2, 0.25) is 0 Å². The fraction of sp³-hybridized carbons (Fsp3) is 0.667. The Bertz CT molecular complexity index is 495.